The van der Waals surface area contributed by atoms with Crippen molar-refractivity contribution < 1.29 is 28.3 Å². The number of nitrogens with zero attached hydrogens (tertiary/aromatic N) is 3. The van der Waals surface area contributed by atoms with Gasteiger partial charge in [0.2, 0.25) is 11.8 Å². The summed E-state index contributed by atoms with van der Waals surface area (Å²) in [5, 5.41) is 12.0. The third-order valence-electron chi connectivity index (χ3n) is 6.89. The van der Waals surface area contributed by atoms with E-state index in [0.29, 0.717) is 25.1 Å². The second kappa shape index (κ2) is 8.52. The van der Waals surface area contributed by atoms with Crippen LogP contribution in [0.1, 0.15) is 53.7 Å². The molecule has 2 fully saturated rings. The van der Waals surface area contributed by atoms with Crippen molar-refractivity contribution in [3.05, 3.63) is 52.7 Å². The SMILES string of the molecule is C[C@@H]1c2c(ccc(-c3nccc(CN4CC[C@H](O)C4)c3F)c2F)C(=O)N1[C@H]1CCC(=O)NC1=O. The number of hydrogen-bond donors (Lipinski definition) is 2. The first-order valence-electron chi connectivity index (χ1n) is 11.3. The van der Waals surface area contributed by atoms with Crippen LogP contribution in [0.2, 0.25) is 0 Å². The van der Waals surface area contributed by atoms with Gasteiger partial charge in [-0.1, -0.05) is 0 Å². The lowest BCUT2D eigenvalue weighted by atomic mass is 9.97. The van der Waals surface area contributed by atoms with Crippen LogP contribution in [0.4, 0.5) is 8.78 Å². The fraction of sp³-hybridized carbons (Fsp3) is 0.417. The number of carbonyl (C=O) groups is 3. The highest BCUT2D eigenvalue weighted by molar-refractivity contribution is 6.06. The Morgan fingerprint density at radius 1 is 1.12 bits per heavy atom. The van der Waals surface area contributed by atoms with Gasteiger partial charge in [0.05, 0.1) is 12.1 Å². The number of benzene rings is 1. The van der Waals surface area contributed by atoms with Crippen LogP contribution >= 0.6 is 0 Å². The van der Waals surface area contributed by atoms with Crippen molar-refractivity contribution in [3.8, 4) is 11.3 Å². The maximum atomic E-state index is 15.8. The number of amides is 3. The molecule has 3 aliphatic rings. The molecule has 0 aliphatic carbocycles. The number of aliphatic hydroxyl groups is 1. The smallest absolute Gasteiger partial charge is 0.255 e. The van der Waals surface area contributed by atoms with Crippen molar-refractivity contribution in [3.63, 3.8) is 0 Å². The predicted molar refractivity (Wildman–Crippen MR) is 116 cm³/mol. The van der Waals surface area contributed by atoms with E-state index >= 15 is 8.78 Å². The van der Waals surface area contributed by atoms with Gasteiger partial charge >= 0.3 is 0 Å². The summed E-state index contributed by atoms with van der Waals surface area (Å²) in [4.78, 5) is 44.2. The summed E-state index contributed by atoms with van der Waals surface area (Å²) in [5.41, 5.74) is 0.316. The lowest BCUT2D eigenvalue weighted by Crippen LogP contribution is -2.53. The summed E-state index contributed by atoms with van der Waals surface area (Å²) in [6, 6.07) is 2.64. The third-order valence-corrected chi connectivity index (χ3v) is 6.89. The molecule has 4 heterocycles. The number of β-amino-alcohol motifs (C(OH)–C–C–N with tert-alkyl or cyclic N) is 1. The number of aliphatic hydroxyl groups excluding tert-OH is 1. The summed E-state index contributed by atoms with van der Waals surface area (Å²) in [7, 11) is 0. The van der Waals surface area contributed by atoms with Gasteiger partial charge in [0.15, 0.2) is 5.82 Å². The van der Waals surface area contributed by atoms with Crippen LogP contribution in [0.25, 0.3) is 11.3 Å². The van der Waals surface area contributed by atoms with Crippen molar-refractivity contribution in [2.75, 3.05) is 13.1 Å². The number of likely N-dealkylation sites (tertiary alicyclic amines) is 1. The quantitative estimate of drug-likeness (QED) is 0.662. The Bertz CT molecular complexity index is 1200. The number of piperidine rings is 1. The number of halogens is 2. The van der Waals surface area contributed by atoms with E-state index in [1.54, 1.807) is 6.92 Å². The van der Waals surface area contributed by atoms with Crippen LogP contribution in [-0.2, 0) is 16.1 Å². The third kappa shape index (κ3) is 3.67. The highest BCUT2D eigenvalue weighted by atomic mass is 19.1. The molecule has 3 amide bonds. The van der Waals surface area contributed by atoms with Crippen molar-refractivity contribution in [2.45, 2.75) is 50.9 Å². The van der Waals surface area contributed by atoms with E-state index in [4.69, 9.17) is 0 Å². The fourth-order valence-corrected chi connectivity index (χ4v) is 5.17. The average Bonchev–Trinajstić information content (AvgIpc) is 3.31. The van der Waals surface area contributed by atoms with Crippen LogP contribution in [-0.4, -0.2) is 62.8 Å². The highest BCUT2D eigenvalue weighted by Crippen LogP contribution is 2.41. The molecule has 2 N–H and O–H groups in total. The molecular formula is C24H24F2N4O4. The molecule has 1 aromatic heterocycles. The van der Waals surface area contributed by atoms with Gasteiger partial charge in [-0.25, -0.2) is 8.78 Å². The van der Waals surface area contributed by atoms with E-state index in [1.165, 1.54) is 29.3 Å². The number of hydrogen-bond acceptors (Lipinski definition) is 6. The Labute approximate surface area is 194 Å². The summed E-state index contributed by atoms with van der Waals surface area (Å²) in [5.74, 6) is -2.90. The molecule has 178 valence electrons. The first-order valence-corrected chi connectivity index (χ1v) is 11.3. The molecule has 0 radical (unpaired) electrons. The van der Waals surface area contributed by atoms with Gasteiger partial charge in [-0.2, -0.15) is 0 Å². The number of rotatable bonds is 4. The zero-order valence-electron chi connectivity index (χ0n) is 18.6. The first-order chi connectivity index (χ1) is 16.3. The van der Waals surface area contributed by atoms with Gasteiger partial charge < -0.3 is 10.0 Å². The molecule has 1 aromatic carbocycles. The van der Waals surface area contributed by atoms with Gasteiger partial charge in [-0.3, -0.25) is 29.6 Å². The Morgan fingerprint density at radius 2 is 1.88 bits per heavy atom. The number of pyridine rings is 1. The molecule has 34 heavy (non-hydrogen) atoms. The topological polar surface area (TPSA) is 103 Å². The van der Waals surface area contributed by atoms with Crippen LogP contribution in [0.3, 0.4) is 0 Å². The van der Waals surface area contributed by atoms with Gasteiger partial charge in [0.1, 0.15) is 17.6 Å². The molecular weight excluding hydrogens is 446 g/mol. The highest BCUT2D eigenvalue weighted by Gasteiger charge is 2.45. The number of nitrogens with one attached hydrogen (secondary N) is 1. The van der Waals surface area contributed by atoms with Crippen LogP contribution in [0.15, 0.2) is 24.4 Å². The summed E-state index contributed by atoms with van der Waals surface area (Å²) >= 11 is 0. The lowest BCUT2D eigenvalue weighted by molar-refractivity contribution is -0.137. The lowest BCUT2D eigenvalue weighted by Gasteiger charge is -2.32. The molecule has 5 rings (SSSR count). The standard InChI is InChI=1S/C24H24F2N4O4/c1-12-19-15(24(34)30(12)17-4-5-18(32)28-23(17)33)2-3-16(21(19)26)22-20(25)13(6-8-27-22)10-29-9-7-14(31)11-29/h2-3,6,8,12,14,17,31H,4-5,7,9-11H2,1H3,(H,28,32,33)/t12-,14+,17+/m1/s1. The zero-order chi connectivity index (χ0) is 24.1. The monoisotopic (exact) mass is 470 g/mol. The maximum absolute atomic E-state index is 15.8. The molecule has 0 bridgehead atoms. The number of aromatic nitrogens is 1. The maximum Gasteiger partial charge on any atom is 0.255 e. The molecule has 2 aromatic rings. The van der Waals surface area contributed by atoms with Crippen molar-refractivity contribution in [1.29, 1.82) is 0 Å². The van der Waals surface area contributed by atoms with E-state index in [0.717, 1.165) is 0 Å². The number of fused-ring (bicyclic) bond motifs is 1. The minimum Gasteiger partial charge on any atom is -0.392 e. The van der Waals surface area contributed by atoms with Crippen molar-refractivity contribution >= 4 is 17.7 Å². The van der Waals surface area contributed by atoms with Crippen LogP contribution in [0, 0.1) is 11.6 Å². The Hall–Kier alpha value is -3.24. The number of imide groups is 1. The van der Waals surface area contributed by atoms with E-state index in [2.05, 4.69) is 10.3 Å². The van der Waals surface area contributed by atoms with Gasteiger partial charge in [0, 0.05) is 54.5 Å². The second-order valence-electron chi connectivity index (χ2n) is 9.05. The largest absolute Gasteiger partial charge is 0.392 e. The molecule has 3 aliphatic heterocycles. The summed E-state index contributed by atoms with van der Waals surface area (Å²) in [6.45, 7) is 2.96. The Kier molecular flexibility index (Phi) is 5.65. The molecule has 0 unspecified atom stereocenters. The summed E-state index contributed by atoms with van der Waals surface area (Å²) in [6.07, 6.45) is 1.84. The molecule has 3 atom stereocenters. The zero-order valence-corrected chi connectivity index (χ0v) is 18.6. The van der Waals surface area contributed by atoms with Gasteiger partial charge in [-0.05, 0) is 38.0 Å². The second-order valence-corrected chi connectivity index (χ2v) is 9.05. The van der Waals surface area contributed by atoms with Crippen LogP contribution < -0.4 is 5.32 Å². The van der Waals surface area contributed by atoms with Crippen molar-refractivity contribution in [2.24, 2.45) is 0 Å². The fourth-order valence-electron chi connectivity index (χ4n) is 5.17. The molecule has 10 heteroatoms. The predicted octanol–water partition coefficient (Wildman–Crippen LogP) is 1.92. The van der Waals surface area contributed by atoms with Crippen molar-refractivity contribution in [1.82, 2.24) is 20.1 Å². The molecule has 0 saturated carbocycles. The Balaban J connectivity index is 1.48. The van der Waals surface area contributed by atoms with E-state index in [9.17, 15) is 19.5 Å². The molecule has 2 saturated heterocycles. The first kappa shape index (κ1) is 22.5. The minimum absolute atomic E-state index is 0.0654. The summed E-state index contributed by atoms with van der Waals surface area (Å²) < 4.78 is 31.2. The van der Waals surface area contributed by atoms with Gasteiger partial charge in [-0.15, -0.1) is 0 Å². The minimum atomic E-state index is -0.885. The normalized spacial score (nSPS) is 25.1. The number of carbonyl (C=O) groups excluding carboxylic acids is 3. The molecule has 8 nitrogen and oxygen atoms in total. The Morgan fingerprint density at radius 3 is 2.59 bits per heavy atom. The average molecular weight is 470 g/mol. The molecule has 0 spiro atoms. The van der Waals surface area contributed by atoms with E-state index < -0.39 is 47.5 Å². The van der Waals surface area contributed by atoms with E-state index in [-0.39, 0.29) is 41.8 Å². The van der Waals surface area contributed by atoms with Gasteiger partial charge in [0.25, 0.3) is 5.91 Å². The van der Waals surface area contributed by atoms with E-state index in [1.807, 2.05) is 4.90 Å². The van der Waals surface area contributed by atoms with Crippen LogP contribution in [0.5, 0.6) is 0 Å².